The molecule has 0 aliphatic rings. The standard InChI is InChI=1S/C33H32FN3O3/c1-4-5-6-23-12-15-29(32(38)35-21(2)22-7-9-24(10-8-22)33(39)40-3)31-28(23)17-18-37(31)20-27-14-11-25-19-26(34)13-16-30(25)36-27/h7-19,21H,4-6,20H2,1-3H3,(H,35,38)/t21-/m0/s1. The molecular formula is C33H32FN3O3. The van der Waals surface area contributed by atoms with E-state index in [-0.39, 0.29) is 17.8 Å². The van der Waals surface area contributed by atoms with Gasteiger partial charge in [0.05, 0.1) is 47.6 Å². The average molecular weight is 538 g/mol. The molecule has 0 radical (unpaired) electrons. The van der Waals surface area contributed by atoms with E-state index in [1.165, 1.54) is 24.8 Å². The summed E-state index contributed by atoms with van der Waals surface area (Å²) in [6.45, 7) is 4.55. The summed E-state index contributed by atoms with van der Waals surface area (Å²) < 4.78 is 20.5. The number of benzene rings is 3. The van der Waals surface area contributed by atoms with Crippen LogP contribution in [0.15, 0.2) is 79.0 Å². The van der Waals surface area contributed by atoms with Crippen LogP contribution in [0, 0.1) is 5.82 Å². The lowest BCUT2D eigenvalue weighted by Gasteiger charge is -2.17. The van der Waals surface area contributed by atoms with E-state index in [2.05, 4.69) is 28.9 Å². The van der Waals surface area contributed by atoms with Gasteiger partial charge in [-0.05, 0) is 79.4 Å². The van der Waals surface area contributed by atoms with Crippen LogP contribution >= 0.6 is 0 Å². The van der Waals surface area contributed by atoms with Crippen molar-refractivity contribution < 1.29 is 18.7 Å². The minimum atomic E-state index is -0.400. The first-order chi connectivity index (χ1) is 19.4. The van der Waals surface area contributed by atoms with Gasteiger partial charge in [0.2, 0.25) is 0 Å². The van der Waals surface area contributed by atoms with E-state index in [1.807, 2.05) is 43.5 Å². The van der Waals surface area contributed by atoms with Crippen molar-refractivity contribution >= 4 is 33.7 Å². The van der Waals surface area contributed by atoms with Crippen LogP contribution in [0.1, 0.15) is 70.3 Å². The molecule has 204 valence electrons. The normalized spacial score (nSPS) is 12.0. The van der Waals surface area contributed by atoms with Gasteiger partial charge in [-0.1, -0.05) is 37.6 Å². The highest BCUT2D eigenvalue weighted by molar-refractivity contribution is 6.07. The Morgan fingerprint density at radius 1 is 1.02 bits per heavy atom. The van der Waals surface area contributed by atoms with Crippen molar-refractivity contribution in [2.24, 2.45) is 0 Å². The summed E-state index contributed by atoms with van der Waals surface area (Å²) in [6, 6.07) is 21.1. The Morgan fingerprint density at radius 3 is 2.58 bits per heavy atom. The lowest BCUT2D eigenvalue weighted by molar-refractivity contribution is 0.0600. The molecule has 1 N–H and O–H groups in total. The number of rotatable bonds is 9. The molecule has 5 rings (SSSR count). The molecule has 0 saturated heterocycles. The number of esters is 1. The Kier molecular flexibility index (Phi) is 7.91. The minimum absolute atomic E-state index is 0.182. The summed E-state index contributed by atoms with van der Waals surface area (Å²) in [6.07, 6.45) is 5.08. The fourth-order valence-corrected chi connectivity index (χ4v) is 5.07. The van der Waals surface area contributed by atoms with E-state index in [0.29, 0.717) is 17.7 Å². The third kappa shape index (κ3) is 5.59. The van der Waals surface area contributed by atoms with Gasteiger partial charge in [0.25, 0.3) is 5.91 Å². The number of ether oxygens (including phenoxy) is 1. The number of carbonyl (C=O) groups is 2. The summed E-state index contributed by atoms with van der Waals surface area (Å²) in [7, 11) is 1.35. The second kappa shape index (κ2) is 11.7. The van der Waals surface area contributed by atoms with E-state index in [9.17, 15) is 14.0 Å². The van der Waals surface area contributed by atoms with Gasteiger partial charge in [-0.2, -0.15) is 0 Å². The van der Waals surface area contributed by atoms with Crippen molar-refractivity contribution in [1.82, 2.24) is 14.9 Å². The van der Waals surface area contributed by atoms with Crippen molar-refractivity contribution in [2.45, 2.75) is 45.7 Å². The van der Waals surface area contributed by atoms with Crippen molar-refractivity contribution in [3.8, 4) is 0 Å². The van der Waals surface area contributed by atoms with Crippen LogP contribution in [0.2, 0.25) is 0 Å². The van der Waals surface area contributed by atoms with E-state index in [1.54, 1.807) is 18.2 Å². The summed E-state index contributed by atoms with van der Waals surface area (Å²) in [4.78, 5) is 30.2. The molecule has 0 spiro atoms. The van der Waals surface area contributed by atoms with Gasteiger partial charge in [0.15, 0.2) is 0 Å². The number of aryl methyl sites for hydroxylation is 1. The number of unbranched alkanes of at least 4 members (excludes halogenated alkanes) is 1. The molecule has 3 aromatic carbocycles. The molecule has 0 aliphatic heterocycles. The molecule has 5 aromatic rings. The SMILES string of the molecule is CCCCc1ccc(C(=O)N[C@@H](C)c2ccc(C(=O)OC)cc2)c2c1ccn2Cc1ccc2cc(F)ccc2n1. The lowest BCUT2D eigenvalue weighted by atomic mass is 10.00. The van der Waals surface area contributed by atoms with Crippen molar-refractivity contribution in [3.05, 3.63) is 113 Å². The van der Waals surface area contributed by atoms with Gasteiger partial charge in [0.1, 0.15) is 5.82 Å². The summed E-state index contributed by atoms with van der Waals surface area (Å²) in [5.41, 5.74) is 5.54. The molecule has 6 nitrogen and oxygen atoms in total. The fourth-order valence-electron chi connectivity index (χ4n) is 5.07. The lowest BCUT2D eigenvalue weighted by Crippen LogP contribution is -2.27. The summed E-state index contributed by atoms with van der Waals surface area (Å²) in [5.74, 6) is -0.872. The van der Waals surface area contributed by atoms with E-state index in [0.717, 1.165) is 52.3 Å². The van der Waals surface area contributed by atoms with Gasteiger partial charge in [0, 0.05) is 17.0 Å². The zero-order valence-corrected chi connectivity index (χ0v) is 22.9. The molecule has 0 bridgehead atoms. The summed E-state index contributed by atoms with van der Waals surface area (Å²) >= 11 is 0. The molecule has 0 fully saturated rings. The molecule has 1 amide bonds. The van der Waals surface area contributed by atoms with E-state index in [4.69, 9.17) is 9.72 Å². The van der Waals surface area contributed by atoms with Crippen molar-refractivity contribution in [3.63, 3.8) is 0 Å². The highest BCUT2D eigenvalue weighted by atomic mass is 19.1. The Balaban J connectivity index is 1.47. The number of fused-ring (bicyclic) bond motifs is 2. The number of aromatic nitrogens is 2. The monoisotopic (exact) mass is 537 g/mol. The Labute approximate surface area is 232 Å². The first-order valence-corrected chi connectivity index (χ1v) is 13.5. The average Bonchev–Trinajstić information content (AvgIpc) is 3.39. The molecular weight excluding hydrogens is 505 g/mol. The maximum atomic E-state index is 13.6. The van der Waals surface area contributed by atoms with E-state index < -0.39 is 5.97 Å². The molecule has 2 aromatic heterocycles. The van der Waals surface area contributed by atoms with Crippen molar-refractivity contribution in [2.75, 3.05) is 7.11 Å². The minimum Gasteiger partial charge on any atom is -0.465 e. The number of amides is 1. The number of carbonyl (C=O) groups excluding carboxylic acids is 2. The zero-order valence-electron chi connectivity index (χ0n) is 22.9. The Hall–Kier alpha value is -4.52. The molecule has 0 saturated carbocycles. The first-order valence-electron chi connectivity index (χ1n) is 13.5. The first kappa shape index (κ1) is 27.1. The highest BCUT2D eigenvalue weighted by Crippen LogP contribution is 2.28. The molecule has 40 heavy (non-hydrogen) atoms. The number of hydrogen-bond donors (Lipinski definition) is 1. The fraction of sp³-hybridized carbons (Fsp3) is 0.242. The molecule has 0 aliphatic carbocycles. The van der Waals surface area contributed by atoms with E-state index >= 15 is 0 Å². The third-order valence-electron chi connectivity index (χ3n) is 7.28. The topological polar surface area (TPSA) is 73.2 Å². The third-order valence-corrected chi connectivity index (χ3v) is 7.28. The smallest absolute Gasteiger partial charge is 0.337 e. The summed E-state index contributed by atoms with van der Waals surface area (Å²) in [5, 5.41) is 4.92. The highest BCUT2D eigenvalue weighted by Gasteiger charge is 2.19. The Bertz CT molecular complexity index is 1690. The second-order valence-electron chi connectivity index (χ2n) is 10.0. The maximum Gasteiger partial charge on any atom is 0.337 e. The van der Waals surface area contributed by atoms with Crippen LogP contribution in [0.5, 0.6) is 0 Å². The number of hydrogen-bond acceptors (Lipinski definition) is 4. The number of halogens is 1. The van der Waals surface area contributed by atoms with Gasteiger partial charge >= 0.3 is 5.97 Å². The van der Waals surface area contributed by atoms with Crippen LogP contribution < -0.4 is 5.32 Å². The number of nitrogens with one attached hydrogen (secondary N) is 1. The van der Waals surface area contributed by atoms with Crippen LogP contribution in [0.4, 0.5) is 4.39 Å². The number of methoxy groups -OCH3 is 1. The molecule has 0 unspecified atom stereocenters. The second-order valence-corrected chi connectivity index (χ2v) is 10.0. The van der Waals surface area contributed by atoms with Crippen LogP contribution in [0.3, 0.4) is 0 Å². The van der Waals surface area contributed by atoms with Crippen LogP contribution in [0.25, 0.3) is 21.8 Å². The van der Waals surface area contributed by atoms with Gasteiger partial charge < -0.3 is 14.6 Å². The molecule has 2 heterocycles. The van der Waals surface area contributed by atoms with Crippen LogP contribution in [-0.2, 0) is 17.7 Å². The predicted octanol–water partition coefficient (Wildman–Crippen LogP) is 7.00. The quantitative estimate of drug-likeness (QED) is 0.206. The number of nitrogens with zero attached hydrogens (tertiary/aromatic N) is 2. The molecule has 7 heteroatoms. The van der Waals surface area contributed by atoms with Gasteiger partial charge in [-0.3, -0.25) is 9.78 Å². The zero-order chi connectivity index (χ0) is 28.2. The maximum absolute atomic E-state index is 13.6. The Morgan fingerprint density at radius 2 is 1.82 bits per heavy atom. The van der Waals surface area contributed by atoms with Gasteiger partial charge in [-0.15, -0.1) is 0 Å². The van der Waals surface area contributed by atoms with Crippen molar-refractivity contribution in [1.29, 1.82) is 0 Å². The van der Waals surface area contributed by atoms with Gasteiger partial charge in [-0.25, -0.2) is 9.18 Å². The predicted molar refractivity (Wildman–Crippen MR) is 155 cm³/mol. The number of pyridine rings is 1. The molecule has 1 atom stereocenters. The largest absolute Gasteiger partial charge is 0.465 e. The van der Waals surface area contributed by atoms with Crippen LogP contribution in [-0.4, -0.2) is 28.5 Å².